The van der Waals surface area contributed by atoms with Crippen molar-refractivity contribution < 1.29 is 0 Å². The van der Waals surface area contributed by atoms with Crippen molar-refractivity contribution in [2.45, 2.75) is 44.0 Å². The summed E-state index contributed by atoms with van der Waals surface area (Å²) in [6, 6.07) is 11.0. The average molecular weight is 276 g/mol. The fourth-order valence-electron chi connectivity index (χ4n) is 2.54. The molecule has 1 heterocycles. The number of rotatable bonds is 4. The fraction of sp³-hybridized carbons (Fsp3) is 0.467. The highest BCUT2D eigenvalue weighted by Gasteiger charge is 2.36. The van der Waals surface area contributed by atoms with Crippen molar-refractivity contribution in [3.8, 4) is 0 Å². The van der Waals surface area contributed by atoms with E-state index in [1.54, 1.807) is 0 Å². The molecule has 0 aliphatic heterocycles. The molecule has 1 saturated carbocycles. The summed E-state index contributed by atoms with van der Waals surface area (Å²) in [7, 11) is 0. The number of nitrogens with zero attached hydrogens (tertiary/aromatic N) is 3. The molecule has 19 heavy (non-hydrogen) atoms. The van der Waals surface area contributed by atoms with Crippen LogP contribution in [-0.2, 0) is 11.3 Å². The Labute approximate surface area is 118 Å². The molecule has 4 heteroatoms. The molecule has 0 bridgehead atoms. The van der Waals surface area contributed by atoms with E-state index in [1.807, 2.05) is 6.07 Å². The summed E-state index contributed by atoms with van der Waals surface area (Å²) >= 11 is 5.99. The minimum atomic E-state index is -0.152. The Morgan fingerprint density at radius 2 is 1.89 bits per heavy atom. The fourth-order valence-corrected chi connectivity index (χ4v) is 2.72. The minimum Gasteiger partial charge on any atom is -0.310 e. The highest BCUT2D eigenvalue weighted by molar-refractivity contribution is 6.16. The first-order valence-corrected chi connectivity index (χ1v) is 7.24. The summed E-state index contributed by atoms with van der Waals surface area (Å²) in [6.07, 6.45) is 2.42. The van der Waals surface area contributed by atoms with Gasteiger partial charge >= 0.3 is 0 Å². The Kier molecular flexibility index (Phi) is 3.09. The van der Waals surface area contributed by atoms with E-state index in [4.69, 9.17) is 11.6 Å². The van der Waals surface area contributed by atoms with Gasteiger partial charge in [0.15, 0.2) is 0 Å². The predicted octanol–water partition coefficient (Wildman–Crippen LogP) is 3.68. The summed E-state index contributed by atoms with van der Waals surface area (Å²) in [5, 5.41) is 8.69. The van der Waals surface area contributed by atoms with E-state index in [1.165, 1.54) is 18.4 Å². The van der Waals surface area contributed by atoms with Gasteiger partial charge in [-0.15, -0.1) is 21.8 Å². The maximum atomic E-state index is 5.99. The van der Waals surface area contributed by atoms with Crippen molar-refractivity contribution in [2.75, 3.05) is 0 Å². The molecule has 0 atom stereocenters. The zero-order chi connectivity index (χ0) is 13.5. The molecule has 1 aliphatic carbocycles. The largest absolute Gasteiger partial charge is 0.310 e. The van der Waals surface area contributed by atoms with Crippen molar-refractivity contribution >= 4 is 11.6 Å². The van der Waals surface area contributed by atoms with E-state index in [2.05, 4.69) is 52.9 Å². The lowest BCUT2D eigenvalue weighted by Gasteiger charge is -2.25. The van der Waals surface area contributed by atoms with E-state index < -0.39 is 0 Å². The van der Waals surface area contributed by atoms with E-state index in [0.29, 0.717) is 11.9 Å². The van der Waals surface area contributed by atoms with Gasteiger partial charge in [-0.25, -0.2) is 0 Å². The third kappa shape index (κ3) is 2.16. The van der Waals surface area contributed by atoms with E-state index in [-0.39, 0.29) is 5.41 Å². The molecular weight excluding hydrogens is 258 g/mol. The summed E-state index contributed by atoms with van der Waals surface area (Å²) in [5.74, 6) is 2.34. The number of alkyl halides is 1. The smallest absolute Gasteiger partial charge is 0.148 e. The highest BCUT2D eigenvalue weighted by Crippen LogP contribution is 2.41. The molecule has 2 aromatic rings. The Hall–Kier alpha value is -1.35. The van der Waals surface area contributed by atoms with Crippen LogP contribution in [0.15, 0.2) is 30.3 Å². The van der Waals surface area contributed by atoms with Gasteiger partial charge in [0.1, 0.15) is 11.6 Å². The maximum absolute atomic E-state index is 5.99. The van der Waals surface area contributed by atoms with Crippen LogP contribution in [0.4, 0.5) is 0 Å². The third-order valence-corrected chi connectivity index (χ3v) is 4.09. The molecule has 0 spiro atoms. The molecule has 0 N–H and O–H groups in total. The number of aromatic nitrogens is 3. The molecule has 0 radical (unpaired) electrons. The van der Waals surface area contributed by atoms with Crippen LogP contribution in [0.3, 0.4) is 0 Å². The zero-order valence-corrected chi connectivity index (χ0v) is 12.1. The molecule has 3 rings (SSSR count). The van der Waals surface area contributed by atoms with E-state index in [9.17, 15) is 0 Å². The summed E-state index contributed by atoms with van der Waals surface area (Å²) < 4.78 is 2.25. The van der Waals surface area contributed by atoms with Gasteiger partial charge in [-0.05, 0) is 32.3 Å². The van der Waals surface area contributed by atoms with Crippen LogP contribution in [0, 0.1) is 0 Å². The number of hydrogen-bond acceptors (Lipinski definition) is 2. The Morgan fingerprint density at radius 1 is 1.21 bits per heavy atom. The Bertz CT molecular complexity index is 570. The lowest BCUT2D eigenvalue weighted by molar-refractivity contribution is 0.529. The first-order valence-electron chi connectivity index (χ1n) is 6.70. The monoisotopic (exact) mass is 275 g/mol. The summed E-state index contributed by atoms with van der Waals surface area (Å²) in [6.45, 7) is 4.40. The van der Waals surface area contributed by atoms with Crippen LogP contribution < -0.4 is 0 Å². The number of benzene rings is 1. The third-order valence-electron chi connectivity index (χ3n) is 3.85. The first-order chi connectivity index (χ1) is 9.14. The van der Waals surface area contributed by atoms with Crippen LogP contribution in [-0.4, -0.2) is 14.8 Å². The predicted molar refractivity (Wildman–Crippen MR) is 76.4 cm³/mol. The second kappa shape index (κ2) is 4.64. The molecular formula is C15H18ClN3. The molecule has 1 aliphatic rings. The molecule has 100 valence electrons. The molecule has 0 unspecified atom stereocenters. The van der Waals surface area contributed by atoms with Crippen molar-refractivity contribution in [1.29, 1.82) is 0 Å². The maximum Gasteiger partial charge on any atom is 0.148 e. The van der Waals surface area contributed by atoms with Gasteiger partial charge < -0.3 is 4.57 Å². The Balaban J connectivity index is 2.08. The standard InChI is InChI=1S/C15H18ClN3/c1-15(2,11-6-4-3-5-7-11)14-18-17-13(10-16)19(14)12-8-9-12/h3-7,12H,8-10H2,1-2H3. The number of halogens is 1. The van der Waals surface area contributed by atoms with Gasteiger partial charge in [-0.2, -0.15) is 0 Å². The summed E-state index contributed by atoms with van der Waals surface area (Å²) in [4.78, 5) is 0. The van der Waals surface area contributed by atoms with Crippen molar-refractivity contribution in [1.82, 2.24) is 14.8 Å². The second-order valence-corrected chi connectivity index (χ2v) is 5.93. The Morgan fingerprint density at radius 3 is 2.47 bits per heavy atom. The van der Waals surface area contributed by atoms with Crippen LogP contribution in [0.2, 0.25) is 0 Å². The summed E-state index contributed by atoms with van der Waals surface area (Å²) in [5.41, 5.74) is 1.10. The molecule has 1 fully saturated rings. The topological polar surface area (TPSA) is 30.7 Å². The SMILES string of the molecule is CC(C)(c1ccccc1)c1nnc(CCl)n1C1CC1. The molecule has 3 nitrogen and oxygen atoms in total. The van der Waals surface area contributed by atoms with Gasteiger partial charge in [0.2, 0.25) is 0 Å². The van der Waals surface area contributed by atoms with Crippen molar-refractivity contribution in [3.63, 3.8) is 0 Å². The minimum absolute atomic E-state index is 0.152. The van der Waals surface area contributed by atoms with Gasteiger partial charge in [-0.3, -0.25) is 0 Å². The average Bonchev–Trinajstić information content (AvgIpc) is 3.18. The molecule has 1 aromatic heterocycles. The van der Waals surface area contributed by atoms with Crippen LogP contribution in [0.1, 0.15) is 49.9 Å². The highest BCUT2D eigenvalue weighted by atomic mass is 35.5. The molecule has 0 amide bonds. The molecule has 0 saturated heterocycles. The second-order valence-electron chi connectivity index (χ2n) is 5.67. The lowest BCUT2D eigenvalue weighted by Crippen LogP contribution is -2.24. The van der Waals surface area contributed by atoms with Crippen molar-refractivity contribution in [3.05, 3.63) is 47.5 Å². The quantitative estimate of drug-likeness (QED) is 0.797. The van der Waals surface area contributed by atoms with E-state index in [0.717, 1.165) is 11.6 Å². The van der Waals surface area contributed by atoms with Gasteiger partial charge in [0.25, 0.3) is 0 Å². The van der Waals surface area contributed by atoms with Gasteiger partial charge in [-0.1, -0.05) is 30.3 Å². The lowest BCUT2D eigenvalue weighted by atomic mass is 9.83. The zero-order valence-electron chi connectivity index (χ0n) is 11.3. The molecule has 1 aromatic carbocycles. The first kappa shape index (κ1) is 12.7. The van der Waals surface area contributed by atoms with Crippen LogP contribution >= 0.6 is 11.6 Å². The van der Waals surface area contributed by atoms with Crippen LogP contribution in [0.25, 0.3) is 0 Å². The normalized spacial score (nSPS) is 15.7. The van der Waals surface area contributed by atoms with Gasteiger partial charge in [0, 0.05) is 11.5 Å². The number of hydrogen-bond donors (Lipinski definition) is 0. The van der Waals surface area contributed by atoms with Crippen LogP contribution in [0.5, 0.6) is 0 Å². The van der Waals surface area contributed by atoms with Crippen molar-refractivity contribution in [2.24, 2.45) is 0 Å². The van der Waals surface area contributed by atoms with Gasteiger partial charge in [0.05, 0.1) is 5.88 Å². The van der Waals surface area contributed by atoms with E-state index >= 15 is 0 Å².